The van der Waals surface area contributed by atoms with E-state index in [1.807, 2.05) is 24.3 Å². The summed E-state index contributed by atoms with van der Waals surface area (Å²) in [5.41, 5.74) is 24.9. The summed E-state index contributed by atoms with van der Waals surface area (Å²) in [7, 11) is 0. The van der Waals surface area contributed by atoms with Gasteiger partial charge >= 0.3 is 0 Å². The highest BCUT2D eigenvalue weighted by Crippen LogP contribution is 2.21. The molecule has 0 radical (unpaired) electrons. The summed E-state index contributed by atoms with van der Waals surface area (Å²) in [4.78, 5) is 142. The number of carbonyl (C=O) groups is 10. The lowest BCUT2D eigenvalue weighted by atomic mass is 10.0. The van der Waals surface area contributed by atoms with Gasteiger partial charge in [0.25, 0.3) is 0 Å². The molecule has 21 N–H and O–H groups in total. The molecule has 8 atom stereocenters. The highest BCUT2D eigenvalue weighted by Gasteiger charge is 2.33. The maximum Gasteiger partial charge on any atom is 0.245 e. The van der Waals surface area contributed by atoms with Crippen LogP contribution >= 0.6 is 11.8 Å². The Hall–Kier alpha value is -8.28. The fraction of sp³-hybridized carbons (Fsp3) is 0.449. The van der Waals surface area contributed by atoms with Crippen LogP contribution in [-0.2, 0) is 60.8 Å². The van der Waals surface area contributed by atoms with Crippen molar-refractivity contribution in [2.75, 3.05) is 44.9 Å². The Kier molecular flexibility index (Phi) is 24.8. The second-order valence-corrected chi connectivity index (χ2v) is 19.1. The number of rotatable bonds is 32. The number of H-pyrrole nitrogens is 2. The Labute approximate surface area is 452 Å². The van der Waals surface area contributed by atoms with Gasteiger partial charge in [-0.05, 0) is 68.4 Å². The summed E-state index contributed by atoms with van der Waals surface area (Å²) in [5.74, 6) is -8.60. The minimum Gasteiger partial charge on any atom is -0.394 e. The lowest BCUT2D eigenvalue weighted by Gasteiger charge is -2.26. The van der Waals surface area contributed by atoms with E-state index >= 15 is 0 Å². The monoisotopic (exact) mass is 1110 g/mol. The molecule has 0 fully saturated rings. The number of carbonyl (C=O) groups excluding carboxylic acids is 10. The molecule has 0 aliphatic heterocycles. The third kappa shape index (κ3) is 19.4. The number of para-hydroxylation sites is 2. The van der Waals surface area contributed by atoms with Gasteiger partial charge in [0.2, 0.25) is 59.1 Å². The molecule has 2 heterocycles. The van der Waals surface area contributed by atoms with E-state index < -0.39 is 134 Å². The van der Waals surface area contributed by atoms with Crippen molar-refractivity contribution in [3.8, 4) is 0 Å². The molecule has 0 aliphatic carbocycles. The molecule has 28 nitrogen and oxygen atoms in total. The molecule has 0 bridgehead atoms. The number of aromatic nitrogens is 2. The summed E-state index contributed by atoms with van der Waals surface area (Å²) in [6.07, 6.45) is 5.03. The number of amides is 10. The summed E-state index contributed by atoms with van der Waals surface area (Å²) in [6.45, 7) is -0.447. The van der Waals surface area contributed by atoms with Crippen molar-refractivity contribution in [2.45, 2.75) is 94.3 Å². The first kappa shape index (κ1) is 62.3. The molecule has 0 unspecified atom stereocenters. The maximum atomic E-state index is 13.9. The Balaban J connectivity index is 1.39. The van der Waals surface area contributed by atoms with Gasteiger partial charge in [-0.25, -0.2) is 0 Å². The van der Waals surface area contributed by atoms with Crippen LogP contribution < -0.4 is 70.8 Å². The van der Waals surface area contributed by atoms with E-state index in [4.69, 9.17) is 22.9 Å². The quantitative estimate of drug-likeness (QED) is 0.0123. The number of nitrogens with one attached hydrogen (secondary N) is 11. The standard InChI is InChI=1S/C49H70N16O12S/c1-25(50)42(71)57-22-40(69)60-36(18-28-20-56-32-12-7-5-10-30(28)32)46(75)64-38(24-67)48(77)65-37(23-66)47(76)62-34(14-16-78-3)45(74)61-33(13-8-15-54-49(52)53)44(73)58-21-39(68)59-26(2)43(72)63-35(41(51)70)17-27-19-55-31-11-6-4-9-29(27)31/h4-7,9-12,19-20,25-26,33-38,55-56,66-67H,8,13-18,21-24,50H2,1-3H3,(H2,51,70)(H,57,71)(H,58,73)(H,59,68)(H,60,69)(H,61,74)(H,62,76)(H,63,72)(H,64,75)(H,65,77)(H4,52,53,54)/t25-,26-,33-,34-,35-,36-,37-,38-/m0/s1. The van der Waals surface area contributed by atoms with E-state index in [-0.39, 0.29) is 44.6 Å². The number of nitrogens with zero attached hydrogens (tertiary/aromatic N) is 1. The van der Waals surface area contributed by atoms with Gasteiger partial charge in [0.05, 0.1) is 32.3 Å². The first-order valence-corrected chi connectivity index (χ1v) is 26.1. The summed E-state index contributed by atoms with van der Waals surface area (Å²) in [5, 5.41) is 44.0. The average Bonchev–Trinajstić information content (AvgIpc) is 4.04. The summed E-state index contributed by atoms with van der Waals surface area (Å²) in [6, 6.07) is 3.61. The Bertz CT molecular complexity index is 2780. The lowest BCUT2D eigenvalue weighted by molar-refractivity contribution is -0.136. The van der Waals surface area contributed by atoms with Crippen molar-refractivity contribution in [3.63, 3.8) is 0 Å². The van der Waals surface area contributed by atoms with Gasteiger partial charge in [-0.2, -0.15) is 11.8 Å². The zero-order valence-corrected chi connectivity index (χ0v) is 44.1. The van der Waals surface area contributed by atoms with Crippen molar-refractivity contribution in [2.24, 2.45) is 27.9 Å². The van der Waals surface area contributed by atoms with Crippen LogP contribution in [0.25, 0.3) is 21.8 Å². The van der Waals surface area contributed by atoms with Gasteiger partial charge in [-0.15, -0.1) is 0 Å². The smallest absolute Gasteiger partial charge is 0.245 e. The van der Waals surface area contributed by atoms with Gasteiger partial charge in [-0.3, -0.25) is 52.9 Å². The SMILES string of the molecule is CSCC[C@H](NC(=O)[C@H](CO)NC(=O)[C@H](CO)NC(=O)[C@H](Cc1c[nH]c2ccccc12)NC(=O)CNC(=O)[C@H](C)N)C(=O)N[C@@H](CCCN=C(N)N)C(=O)NCC(=O)N[C@@H](C)C(=O)N[C@@H](Cc1c[nH]c2ccccc12)C(N)=O. The molecule has 424 valence electrons. The molecule has 0 saturated heterocycles. The molecular weight excluding hydrogens is 1040 g/mol. The molecule has 0 aliphatic rings. The third-order valence-corrected chi connectivity index (χ3v) is 12.6. The van der Waals surface area contributed by atoms with Crippen LogP contribution in [0.4, 0.5) is 0 Å². The minimum atomic E-state index is -1.76. The Morgan fingerprint density at radius 1 is 0.564 bits per heavy atom. The van der Waals surface area contributed by atoms with E-state index in [0.717, 1.165) is 27.4 Å². The lowest BCUT2D eigenvalue weighted by Crippen LogP contribution is -2.61. The van der Waals surface area contributed by atoms with E-state index in [9.17, 15) is 58.2 Å². The number of primary amides is 1. The van der Waals surface area contributed by atoms with E-state index in [2.05, 4.69) is 62.8 Å². The normalized spacial score (nSPS) is 14.1. The van der Waals surface area contributed by atoms with E-state index in [1.165, 1.54) is 25.6 Å². The predicted molar refractivity (Wildman–Crippen MR) is 289 cm³/mol. The van der Waals surface area contributed by atoms with Gasteiger partial charge in [0, 0.05) is 53.6 Å². The number of guanidine groups is 1. The largest absolute Gasteiger partial charge is 0.394 e. The molecule has 0 spiro atoms. The molecule has 0 saturated carbocycles. The number of aromatic amines is 2. The van der Waals surface area contributed by atoms with Crippen LogP contribution in [0.5, 0.6) is 0 Å². The van der Waals surface area contributed by atoms with Gasteiger partial charge in [0.1, 0.15) is 42.3 Å². The molecule has 4 aromatic rings. The van der Waals surface area contributed by atoms with E-state index in [1.54, 1.807) is 42.9 Å². The highest BCUT2D eigenvalue weighted by molar-refractivity contribution is 7.98. The van der Waals surface area contributed by atoms with Gasteiger partial charge in [-0.1, -0.05) is 36.4 Å². The van der Waals surface area contributed by atoms with Gasteiger partial charge < -0.3 is 91.0 Å². The minimum absolute atomic E-state index is 0.0261. The zero-order valence-electron chi connectivity index (χ0n) is 43.3. The molecule has 10 amide bonds. The molecule has 2 aromatic carbocycles. The highest BCUT2D eigenvalue weighted by atomic mass is 32.2. The first-order chi connectivity index (χ1) is 37.1. The molecule has 78 heavy (non-hydrogen) atoms. The number of aliphatic imine (C=N–C) groups is 1. The topological polar surface area (TPSA) is 467 Å². The number of fused-ring (bicyclic) bond motifs is 2. The van der Waals surface area contributed by atoms with Crippen LogP contribution in [0.2, 0.25) is 0 Å². The fourth-order valence-corrected chi connectivity index (χ4v) is 8.22. The average molecular weight is 1110 g/mol. The number of hydrogen-bond acceptors (Lipinski definition) is 15. The number of aliphatic hydroxyl groups excluding tert-OH is 2. The second kappa shape index (κ2) is 31.1. The maximum absolute atomic E-state index is 13.9. The Morgan fingerprint density at radius 2 is 1.01 bits per heavy atom. The fourth-order valence-electron chi connectivity index (χ4n) is 7.75. The van der Waals surface area contributed by atoms with Crippen LogP contribution in [0.1, 0.15) is 44.2 Å². The molecular formula is C49H70N16O12S. The van der Waals surface area contributed by atoms with Crippen LogP contribution in [0, 0.1) is 0 Å². The molecule has 2 aromatic heterocycles. The third-order valence-electron chi connectivity index (χ3n) is 12.0. The number of aliphatic hydroxyl groups is 2. The van der Waals surface area contributed by atoms with E-state index in [0.29, 0.717) is 11.3 Å². The zero-order chi connectivity index (χ0) is 57.5. The van der Waals surface area contributed by atoms with Crippen molar-refractivity contribution in [3.05, 3.63) is 72.1 Å². The molecule has 4 rings (SSSR count). The van der Waals surface area contributed by atoms with Crippen molar-refractivity contribution < 1.29 is 58.2 Å². The van der Waals surface area contributed by atoms with Crippen molar-refractivity contribution in [1.29, 1.82) is 0 Å². The predicted octanol–water partition coefficient (Wildman–Crippen LogP) is -5.30. The second-order valence-electron chi connectivity index (χ2n) is 18.1. The number of nitrogens with two attached hydrogens (primary N) is 4. The molecule has 29 heteroatoms. The van der Waals surface area contributed by atoms with Crippen molar-refractivity contribution in [1.82, 2.24) is 57.8 Å². The number of thioether (sulfide) groups is 1. The Morgan fingerprint density at radius 3 is 1.51 bits per heavy atom. The van der Waals surface area contributed by atoms with Crippen LogP contribution in [0.15, 0.2) is 65.9 Å². The van der Waals surface area contributed by atoms with Gasteiger partial charge in [0.15, 0.2) is 5.96 Å². The van der Waals surface area contributed by atoms with Crippen LogP contribution in [0.3, 0.4) is 0 Å². The number of benzene rings is 2. The van der Waals surface area contributed by atoms with Crippen LogP contribution in [-0.4, -0.2) is 178 Å². The summed E-state index contributed by atoms with van der Waals surface area (Å²) >= 11 is 1.31. The number of hydrogen-bond donors (Lipinski definition) is 17. The van der Waals surface area contributed by atoms with Crippen molar-refractivity contribution >= 4 is 98.6 Å². The summed E-state index contributed by atoms with van der Waals surface area (Å²) < 4.78 is 0. The first-order valence-electron chi connectivity index (χ1n) is 24.7.